The molecule has 2 N–H and O–H groups in total. The number of nitrogens with two attached hydrogens (primary N) is 1. The number of benzene rings is 1. The van der Waals surface area contributed by atoms with Crippen molar-refractivity contribution in [1.82, 2.24) is 15.0 Å². The molecule has 3 aromatic rings. The van der Waals surface area contributed by atoms with Crippen molar-refractivity contribution in [2.45, 2.75) is 18.8 Å². The van der Waals surface area contributed by atoms with Crippen LogP contribution in [0, 0.1) is 5.92 Å². The second-order valence-corrected chi connectivity index (χ2v) is 7.62. The highest BCUT2D eigenvalue weighted by molar-refractivity contribution is 7.08. The SMILES string of the molecule is Cl.NC[C@@H]1CN(C(=O)CCc2nc(-c3ccsc3)no2)C[C@H]1c1ccccc1. The van der Waals surface area contributed by atoms with E-state index < -0.39 is 0 Å². The van der Waals surface area contributed by atoms with E-state index in [4.69, 9.17) is 10.3 Å². The van der Waals surface area contributed by atoms with Crippen molar-refractivity contribution in [1.29, 1.82) is 0 Å². The quantitative estimate of drug-likeness (QED) is 0.663. The third kappa shape index (κ3) is 4.43. The van der Waals surface area contributed by atoms with Crippen molar-refractivity contribution < 1.29 is 9.32 Å². The molecule has 0 radical (unpaired) electrons. The van der Waals surface area contributed by atoms with E-state index in [0.29, 0.717) is 56.0 Å². The van der Waals surface area contributed by atoms with Crippen molar-refractivity contribution in [3.05, 3.63) is 58.6 Å². The number of likely N-dealkylation sites (tertiary alicyclic amines) is 1. The summed E-state index contributed by atoms with van der Waals surface area (Å²) in [4.78, 5) is 19.0. The van der Waals surface area contributed by atoms with E-state index in [1.165, 1.54) is 5.56 Å². The molecule has 1 aromatic carbocycles. The minimum absolute atomic E-state index is 0. The van der Waals surface area contributed by atoms with Gasteiger partial charge in [-0.05, 0) is 29.5 Å². The van der Waals surface area contributed by atoms with Gasteiger partial charge < -0.3 is 15.2 Å². The van der Waals surface area contributed by atoms with Crippen LogP contribution in [-0.2, 0) is 11.2 Å². The summed E-state index contributed by atoms with van der Waals surface area (Å²) in [6.45, 7) is 2.00. The van der Waals surface area contributed by atoms with Gasteiger partial charge in [0, 0.05) is 42.8 Å². The van der Waals surface area contributed by atoms with Crippen molar-refractivity contribution in [3.63, 3.8) is 0 Å². The summed E-state index contributed by atoms with van der Waals surface area (Å²) >= 11 is 1.59. The molecule has 6 nitrogen and oxygen atoms in total. The van der Waals surface area contributed by atoms with Gasteiger partial charge in [-0.2, -0.15) is 16.3 Å². The van der Waals surface area contributed by atoms with Gasteiger partial charge >= 0.3 is 0 Å². The highest BCUT2D eigenvalue weighted by Crippen LogP contribution is 2.32. The largest absolute Gasteiger partial charge is 0.342 e. The molecule has 8 heteroatoms. The topological polar surface area (TPSA) is 85.2 Å². The van der Waals surface area contributed by atoms with Crippen LogP contribution in [-0.4, -0.2) is 40.6 Å². The van der Waals surface area contributed by atoms with Gasteiger partial charge in [0.05, 0.1) is 0 Å². The molecule has 4 rings (SSSR count). The Morgan fingerprint density at radius 2 is 2.07 bits per heavy atom. The smallest absolute Gasteiger partial charge is 0.227 e. The molecule has 1 aliphatic rings. The highest BCUT2D eigenvalue weighted by Gasteiger charge is 2.35. The predicted molar refractivity (Wildman–Crippen MR) is 111 cm³/mol. The second kappa shape index (κ2) is 9.32. The molecule has 28 heavy (non-hydrogen) atoms. The summed E-state index contributed by atoms with van der Waals surface area (Å²) in [6.07, 6.45) is 0.819. The van der Waals surface area contributed by atoms with Crippen LogP contribution in [0.15, 0.2) is 51.7 Å². The molecule has 3 heterocycles. The normalized spacial score (nSPS) is 18.8. The fraction of sp³-hybridized carbons (Fsp3) is 0.350. The first-order chi connectivity index (χ1) is 13.2. The molecule has 0 spiro atoms. The summed E-state index contributed by atoms with van der Waals surface area (Å²) in [5.74, 6) is 1.78. The average Bonchev–Trinajstić information content (AvgIpc) is 3.46. The maximum atomic E-state index is 12.7. The number of carbonyl (C=O) groups excluding carboxylic acids is 1. The summed E-state index contributed by atoms with van der Waals surface area (Å²) in [7, 11) is 0. The highest BCUT2D eigenvalue weighted by atomic mass is 35.5. The first kappa shape index (κ1) is 20.5. The van der Waals surface area contributed by atoms with E-state index in [0.717, 1.165) is 5.56 Å². The van der Waals surface area contributed by atoms with E-state index in [9.17, 15) is 4.79 Å². The number of amides is 1. The Hall–Kier alpha value is -2.22. The molecule has 2 atom stereocenters. The molecule has 0 saturated carbocycles. The fourth-order valence-electron chi connectivity index (χ4n) is 3.63. The minimum Gasteiger partial charge on any atom is -0.342 e. The molecule has 1 fully saturated rings. The maximum Gasteiger partial charge on any atom is 0.227 e. The lowest BCUT2D eigenvalue weighted by atomic mass is 9.89. The summed E-state index contributed by atoms with van der Waals surface area (Å²) in [6, 6.07) is 12.3. The number of hydrogen-bond acceptors (Lipinski definition) is 6. The lowest BCUT2D eigenvalue weighted by Crippen LogP contribution is -2.30. The number of rotatable bonds is 6. The van der Waals surface area contributed by atoms with Crippen LogP contribution in [0.5, 0.6) is 0 Å². The van der Waals surface area contributed by atoms with Crippen LogP contribution in [0.2, 0.25) is 0 Å². The monoisotopic (exact) mass is 418 g/mol. The number of aryl methyl sites for hydroxylation is 1. The van der Waals surface area contributed by atoms with Crippen LogP contribution in [0.1, 0.15) is 23.8 Å². The van der Waals surface area contributed by atoms with Crippen LogP contribution >= 0.6 is 23.7 Å². The van der Waals surface area contributed by atoms with Crippen molar-refractivity contribution in [2.24, 2.45) is 11.7 Å². The van der Waals surface area contributed by atoms with Crippen LogP contribution < -0.4 is 5.73 Å². The number of aromatic nitrogens is 2. The Morgan fingerprint density at radius 3 is 2.79 bits per heavy atom. The average molecular weight is 419 g/mol. The van der Waals surface area contributed by atoms with E-state index in [-0.39, 0.29) is 18.3 Å². The predicted octanol–water partition coefficient (Wildman–Crippen LogP) is 3.35. The minimum atomic E-state index is 0. The van der Waals surface area contributed by atoms with Crippen molar-refractivity contribution in [3.8, 4) is 11.4 Å². The van der Waals surface area contributed by atoms with Gasteiger partial charge in [0.2, 0.25) is 17.6 Å². The summed E-state index contributed by atoms with van der Waals surface area (Å²) in [5.41, 5.74) is 8.16. The molecular weight excluding hydrogens is 396 g/mol. The van der Waals surface area contributed by atoms with Crippen molar-refractivity contribution in [2.75, 3.05) is 19.6 Å². The number of nitrogens with zero attached hydrogens (tertiary/aromatic N) is 3. The molecule has 1 saturated heterocycles. The molecular formula is C20H23ClN4O2S. The summed E-state index contributed by atoms with van der Waals surface area (Å²) < 4.78 is 5.29. The van der Waals surface area contributed by atoms with Crippen LogP contribution in [0.4, 0.5) is 0 Å². The third-order valence-corrected chi connectivity index (χ3v) is 5.81. The molecule has 0 unspecified atom stereocenters. The lowest BCUT2D eigenvalue weighted by Gasteiger charge is -2.16. The van der Waals surface area contributed by atoms with Gasteiger partial charge in [0.25, 0.3) is 0 Å². The third-order valence-electron chi connectivity index (χ3n) is 5.12. The Bertz CT molecular complexity index is 885. The molecule has 2 aromatic heterocycles. The molecule has 1 amide bonds. The zero-order valence-electron chi connectivity index (χ0n) is 15.4. The van der Waals surface area contributed by atoms with Gasteiger partial charge in [0.1, 0.15) is 0 Å². The summed E-state index contributed by atoms with van der Waals surface area (Å²) in [5, 5.41) is 7.93. The van der Waals surface area contributed by atoms with Gasteiger partial charge in [-0.25, -0.2) is 0 Å². The maximum absolute atomic E-state index is 12.7. The van der Waals surface area contributed by atoms with Gasteiger partial charge in [-0.15, -0.1) is 12.4 Å². The number of halogens is 1. The number of thiophene rings is 1. The molecule has 0 bridgehead atoms. The number of hydrogen-bond donors (Lipinski definition) is 1. The Labute approximate surface area is 174 Å². The zero-order valence-corrected chi connectivity index (χ0v) is 17.0. The first-order valence-corrected chi connectivity index (χ1v) is 10.1. The Morgan fingerprint density at radius 1 is 1.25 bits per heavy atom. The fourth-order valence-corrected chi connectivity index (χ4v) is 4.26. The lowest BCUT2D eigenvalue weighted by molar-refractivity contribution is -0.130. The van der Waals surface area contributed by atoms with Crippen LogP contribution in [0.25, 0.3) is 11.4 Å². The molecule has 148 valence electrons. The van der Waals surface area contributed by atoms with E-state index in [2.05, 4.69) is 22.3 Å². The molecule has 1 aliphatic heterocycles. The molecule has 0 aliphatic carbocycles. The Kier molecular flexibility index (Phi) is 6.83. The van der Waals surface area contributed by atoms with E-state index in [1.54, 1.807) is 11.3 Å². The van der Waals surface area contributed by atoms with E-state index >= 15 is 0 Å². The number of carbonyl (C=O) groups is 1. The van der Waals surface area contributed by atoms with Crippen LogP contribution in [0.3, 0.4) is 0 Å². The standard InChI is InChI=1S/C20H22N4O2S.ClH/c21-10-16-11-24(12-17(16)14-4-2-1-3-5-14)19(25)7-6-18-22-20(23-26-18)15-8-9-27-13-15;/h1-5,8-9,13,16-17H,6-7,10-12,21H2;1H/t16-,17+;/m1./s1. The Balaban J connectivity index is 0.00000225. The van der Waals surface area contributed by atoms with Gasteiger partial charge in [-0.3, -0.25) is 4.79 Å². The van der Waals surface area contributed by atoms with Gasteiger partial charge in [0.15, 0.2) is 0 Å². The van der Waals surface area contributed by atoms with Crippen molar-refractivity contribution >= 4 is 29.7 Å². The zero-order chi connectivity index (χ0) is 18.6. The van der Waals surface area contributed by atoms with E-state index in [1.807, 2.05) is 39.9 Å². The second-order valence-electron chi connectivity index (χ2n) is 6.84. The first-order valence-electron chi connectivity index (χ1n) is 9.12. The van der Waals surface area contributed by atoms with Gasteiger partial charge in [-0.1, -0.05) is 35.5 Å².